The average molecular weight is 532 g/mol. The van der Waals surface area contributed by atoms with Gasteiger partial charge in [0.05, 0.1) is 19.6 Å². The highest BCUT2D eigenvalue weighted by Gasteiger charge is 2.23. The molecule has 2 heterocycles. The standard InChI is InChI=1S/C26H36N6O6/c1-5-18(6-2)14-28-22(33)16-32-13-9-11-20(26(32)37)30-24(35)19(10-7-8-12-23(34)38-4)29-25(36)21-15-27-17-31(21)3/h8-9,11-13,15,17-19H,5-7,10,14,16H2,1-4H3,(H,28,33)(H,29,36)(H,30,35)/b12-8+/t19-/m0/s1/i3D3. The fourth-order valence-electron chi connectivity index (χ4n) is 3.50. The lowest BCUT2D eigenvalue weighted by atomic mass is 10.0. The summed E-state index contributed by atoms with van der Waals surface area (Å²) < 4.78 is 29.1. The molecule has 0 aliphatic rings. The number of hydrogen-bond donors (Lipinski definition) is 3. The Morgan fingerprint density at radius 2 is 2.00 bits per heavy atom. The molecule has 0 fully saturated rings. The molecule has 0 saturated heterocycles. The van der Waals surface area contributed by atoms with Crippen molar-refractivity contribution in [1.82, 2.24) is 24.8 Å². The second-order valence-corrected chi connectivity index (χ2v) is 8.51. The molecule has 0 aliphatic carbocycles. The van der Waals surface area contributed by atoms with Crippen molar-refractivity contribution >= 4 is 29.4 Å². The van der Waals surface area contributed by atoms with E-state index in [0.29, 0.717) is 17.0 Å². The van der Waals surface area contributed by atoms with Gasteiger partial charge in [0.15, 0.2) is 0 Å². The molecule has 0 spiro atoms. The van der Waals surface area contributed by atoms with Gasteiger partial charge < -0.3 is 29.8 Å². The number of methoxy groups -OCH3 is 1. The number of aryl methyl sites for hydroxylation is 1. The number of amides is 3. The van der Waals surface area contributed by atoms with Crippen molar-refractivity contribution in [2.45, 2.75) is 52.1 Å². The van der Waals surface area contributed by atoms with Crippen molar-refractivity contribution in [2.24, 2.45) is 12.9 Å². The van der Waals surface area contributed by atoms with Crippen LogP contribution in [0.2, 0.25) is 0 Å². The number of carbonyl (C=O) groups excluding carboxylic acids is 4. The number of esters is 1. The number of allylic oxidation sites excluding steroid dienone is 1. The number of anilines is 1. The van der Waals surface area contributed by atoms with E-state index in [0.717, 1.165) is 36.0 Å². The Kier molecular flexibility index (Phi) is 10.1. The van der Waals surface area contributed by atoms with Gasteiger partial charge in [-0.15, -0.1) is 0 Å². The highest BCUT2D eigenvalue weighted by atomic mass is 16.5. The predicted molar refractivity (Wildman–Crippen MR) is 141 cm³/mol. The van der Waals surface area contributed by atoms with E-state index in [4.69, 9.17) is 4.11 Å². The van der Waals surface area contributed by atoms with Crippen LogP contribution in [0.4, 0.5) is 5.69 Å². The quantitative estimate of drug-likeness (QED) is 0.246. The molecule has 0 bridgehead atoms. The van der Waals surface area contributed by atoms with Crippen LogP contribution in [0, 0.1) is 5.92 Å². The summed E-state index contributed by atoms with van der Waals surface area (Å²) in [6, 6.07) is 1.62. The molecule has 0 saturated carbocycles. The number of nitrogens with one attached hydrogen (secondary N) is 3. The molecular weight excluding hydrogens is 492 g/mol. The van der Waals surface area contributed by atoms with Crippen molar-refractivity contribution in [3.05, 3.63) is 59.1 Å². The number of hydrogen-bond acceptors (Lipinski definition) is 7. The van der Waals surface area contributed by atoms with Gasteiger partial charge in [-0.3, -0.25) is 19.2 Å². The van der Waals surface area contributed by atoms with E-state index in [1.54, 1.807) is 0 Å². The van der Waals surface area contributed by atoms with Crippen LogP contribution in [0.5, 0.6) is 0 Å². The molecule has 206 valence electrons. The van der Waals surface area contributed by atoms with Gasteiger partial charge in [0.2, 0.25) is 11.8 Å². The van der Waals surface area contributed by atoms with Crippen LogP contribution < -0.4 is 21.5 Å². The summed E-state index contributed by atoms with van der Waals surface area (Å²) in [5.41, 5.74) is -1.05. The lowest BCUT2D eigenvalue weighted by molar-refractivity contribution is -0.134. The molecule has 0 aromatic carbocycles. The zero-order valence-corrected chi connectivity index (χ0v) is 21.7. The van der Waals surface area contributed by atoms with Crippen LogP contribution in [0.3, 0.4) is 0 Å². The zero-order chi connectivity index (χ0) is 30.6. The summed E-state index contributed by atoms with van der Waals surface area (Å²) in [5.74, 6) is -2.27. The first-order valence-electron chi connectivity index (χ1n) is 13.8. The Bertz CT molecular complexity index is 1300. The van der Waals surface area contributed by atoms with Gasteiger partial charge in [0, 0.05) is 29.9 Å². The predicted octanol–water partition coefficient (Wildman–Crippen LogP) is 1.38. The van der Waals surface area contributed by atoms with E-state index in [-0.39, 0.29) is 36.7 Å². The van der Waals surface area contributed by atoms with Crippen LogP contribution in [0.1, 0.15) is 54.1 Å². The van der Waals surface area contributed by atoms with E-state index < -0.39 is 36.4 Å². The van der Waals surface area contributed by atoms with Crippen LogP contribution in [-0.2, 0) is 32.6 Å². The Hall–Kier alpha value is -4.22. The molecule has 12 nitrogen and oxygen atoms in total. The van der Waals surface area contributed by atoms with E-state index in [2.05, 4.69) is 25.7 Å². The minimum Gasteiger partial charge on any atom is -0.466 e. The molecule has 0 radical (unpaired) electrons. The van der Waals surface area contributed by atoms with Gasteiger partial charge >= 0.3 is 5.97 Å². The smallest absolute Gasteiger partial charge is 0.330 e. The summed E-state index contributed by atoms with van der Waals surface area (Å²) >= 11 is 0. The third-order valence-electron chi connectivity index (χ3n) is 5.90. The molecule has 2 aromatic heterocycles. The molecule has 2 rings (SSSR count). The monoisotopic (exact) mass is 531 g/mol. The maximum Gasteiger partial charge on any atom is 0.330 e. The molecule has 3 amide bonds. The highest BCUT2D eigenvalue weighted by Crippen LogP contribution is 2.08. The van der Waals surface area contributed by atoms with Crippen molar-refractivity contribution in [3.8, 4) is 0 Å². The summed E-state index contributed by atoms with van der Waals surface area (Å²) in [6.07, 6.45) is 8.02. The molecule has 1 atom stereocenters. The number of carbonyl (C=O) groups is 4. The maximum atomic E-state index is 13.2. The number of aromatic nitrogens is 3. The molecule has 12 heteroatoms. The average Bonchev–Trinajstić information content (AvgIpc) is 3.44. The van der Waals surface area contributed by atoms with Crippen LogP contribution >= 0.6 is 0 Å². The number of nitrogens with zero attached hydrogens (tertiary/aromatic N) is 3. The topological polar surface area (TPSA) is 153 Å². The Morgan fingerprint density at radius 3 is 2.68 bits per heavy atom. The fraction of sp³-hybridized carbons (Fsp3) is 0.462. The summed E-state index contributed by atoms with van der Waals surface area (Å²) in [7, 11) is 1.21. The lowest BCUT2D eigenvalue weighted by Crippen LogP contribution is -2.45. The third-order valence-corrected chi connectivity index (χ3v) is 5.90. The first kappa shape index (κ1) is 25.4. The number of ether oxygens (including phenoxy) is 1. The minimum atomic E-state index is -2.68. The lowest BCUT2D eigenvalue weighted by Gasteiger charge is -2.18. The molecular formula is C26H36N6O6. The van der Waals surface area contributed by atoms with Crippen molar-refractivity contribution < 1.29 is 28.0 Å². The molecule has 38 heavy (non-hydrogen) atoms. The summed E-state index contributed by atoms with van der Waals surface area (Å²) in [5, 5.41) is 7.76. The first-order chi connectivity index (χ1) is 19.4. The van der Waals surface area contributed by atoms with Gasteiger partial charge in [-0.25, -0.2) is 9.78 Å². The maximum absolute atomic E-state index is 13.2. The van der Waals surface area contributed by atoms with Gasteiger partial charge in [-0.2, -0.15) is 0 Å². The van der Waals surface area contributed by atoms with Gasteiger partial charge in [-0.05, 0) is 30.9 Å². The van der Waals surface area contributed by atoms with Crippen molar-refractivity contribution in [2.75, 3.05) is 19.0 Å². The fourth-order valence-corrected chi connectivity index (χ4v) is 3.50. The second kappa shape index (κ2) is 15.1. The van der Waals surface area contributed by atoms with Crippen molar-refractivity contribution in [3.63, 3.8) is 0 Å². The van der Waals surface area contributed by atoms with E-state index in [9.17, 15) is 24.0 Å². The van der Waals surface area contributed by atoms with E-state index >= 15 is 0 Å². The number of rotatable bonds is 14. The largest absolute Gasteiger partial charge is 0.466 e. The van der Waals surface area contributed by atoms with Gasteiger partial charge in [0.25, 0.3) is 11.5 Å². The van der Waals surface area contributed by atoms with Crippen molar-refractivity contribution in [1.29, 1.82) is 0 Å². The first-order valence-corrected chi connectivity index (χ1v) is 12.3. The minimum absolute atomic E-state index is 0.00751. The normalized spacial score (nSPS) is 13.3. The van der Waals surface area contributed by atoms with E-state index in [1.165, 1.54) is 31.5 Å². The number of imidazole rings is 1. The summed E-state index contributed by atoms with van der Waals surface area (Å²) in [4.78, 5) is 66.6. The molecule has 3 N–H and O–H groups in total. The van der Waals surface area contributed by atoms with Crippen LogP contribution in [0.15, 0.2) is 47.8 Å². The second-order valence-electron chi connectivity index (χ2n) is 8.51. The third kappa shape index (κ3) is 9.02. The van der Waals surface area contributed by atoms with Gasteiger partial charge in [0.1, 0.15) is 24.0 Å². The van der Waals surface area contributed by atoms with Crippen LogP contribution in [-0.4, -0.2) is 57.5 Å². The molecule has 0 aliphatic heterocycles. The highest BCUT2D eigenvalue weighted by molar-refractivity contribution is 6.00. The zero-order valence-electron chi connectivity index (χ0n) is 24.7. The number of pyridine rings is 1. The summed E-state index contributed by atoms with van der Waals surface area (Å²) in [6.45, 7) is 1.62. The van der Waals surface area contributed by atoms with Gasteiger partial charge in [-0.1, -0.05) is 32.8 Å². The Morgan fingerprint density at radius 1 is 1.24 bits per heavy atom. The Balaban J connectivity index is 2.21. The van der Waals surface area contributed by atoms with Crippen LogP contribution in [0.25, 0.3) is 0 Å². The van der Waals surface area contributed by atoms with E-state index in [1.807, 2.05) is 13.8 Å². The Labute approximate surface area is 225 Å². The molecule has 0 unspecified atom stereocenters. The molecule has 2 aromatic rings. The SMILES string of the molecule is [2H]C([2H])([2H])n1cncc1C(=O)N[C@@H](CC/C=C/C(=O)OC)C(=O)Nc1cccn(CC(=O)NCC(CC)CC)c1=O.